The third kappa shape index (κ3) is 5.18. The number of carbonyl (C=O) groups excluding carboxylic acids is 1. The number of nitrogens with one attached hydrogen (secondary N) is 1. The molecule has 156 valence electrons. The van der Waals surface area contributed by atoms with Crippen molar-refractivity contribution >= 4 is 6.29 Å². The van der Waals surface area contributed by atoms with E-state index in [1.807, 2.05) is 13.8 Å². The van der Waals surface area contributed by atoms with Gasteiger partial charge in [0, 0.05) is 35.8 Å². The van der Waals surface area contributed by atoms with Crippen LogP contribution in [0.15, 0.2) is 24.2 Å². The van der Waals surface area contributed by atoms with Gasteiger partial charge in [-0.25, -0.2) is 4.98 Å². The van der Waals surface area contributed by atoms with Gasteiger partial charge in [-0.2, -0.15) is 0 Å². The number of nitrogens with zero attached hydrogens (tertiary/aromatic N) is 2. The zero-order chi connectivity index (χ0) is 20.5. The Labute approximate surface area is 169 Å². The lowest BCUT2D eigenvalue weighted by Crippen LogP contribution is -2.37. The molecule has 1 aromatic heterocycles. The van der Waals surface area contributed by atoms with Crippen molar-refractivity contribution in [2.75, 3.05) is 20.4 Å². The minimum atomic E-state index is 0.421. The Kier molecular flexibility index (Phi) is 8.61. The van der Waals surface area contributed by atoms with Crippen LogP contribution < -0.4 is 14.8 Å². The minimum Gasteiger partial charge on any atom is -0.491 e. The van der Waals surface area contributed by atoms with Gasteiger partial charge in [0.1, 0.15) is 5.75 Å². The molecule has 0 aromatic carbocycles. The van der Waals surface area contributed by atoms with Crippen molar-refractivity contribution in [1.82, 2.24) is 15.2 Å². The highest BCUT2D eigenvalue weighted by molar-refractivity contribution is 5.79. The second-order valence-electron chi connectivity index (χ2n) is 7.34. The molecule has 1 aromatic rings. The van der Waals surface area contributed by atoms with Gasteiger partial charge < -0.3 is 19.7 Å². The maximum Gasteiger partial charge on any atom is 0.213 e. The topological polar surface area (TPSA) is 63.7 Å². The molecule has 0 radical (unpaired) electrons. The van der Waals surface area contributed by atoms with Crippen molar-refractivity contribution in [1.29, 1.82) is 0 Å². The van der Waals surface area contributed by atoms with Gasteiger partial charge in [0.25, 0.3) is 0 Å². The summed E-state index contributed by atoms with van der Waals surface area (Å²) in [7, 11) is 1.54. The molecule has 28 heavy (non-hydrogen) atoms. The SMILES string of the molecule is CC.COc1cc(C=O)c(OCC2CCCCC2C2=CNCN2C(C)C)cn1. The fraction of sp³-hybridized carbons (Fsp3) is 0.636. The molecule has 0 spiro atoms. The molecule has 0 amide bonds. The van der Waals surface area contributed by atoms with Crippen LogP contribution in [0.5, 0.6) is 11.6 Å². The first kappa shape index (κ1) is 22.1. The van der Waals surface area contributed by atoms with Crippen LogP contribution in [0.1, 0.15) is 63.7 Å². The second-order valence-corrected chi connectivity index (χ2v) is 7.34. The number of pyridine rings is 1. The van der Waals surface area contributed by atoms with E-state index in [-0.39, 0.29) is 0 Å². The molecular weight excluding hydrogens is 354 g/mol. The standard InChI is InChI=1S/C20H29N3O3.C2H6/c1-14(2)23-13-21-9-18(23)17-7-5-4-6-15(17)12-26-19-10-22-20(25-3)8-16(19)11-24;1-2/h8-11,14-15,17,21H,4-7,12-13H2,1-3H3;1-2H3. The molecule has 1 aliphatic heterocycles. The Hall–Kier alpha value is -2.24. The molecule has 3 rings (SSSR count). The van der Waals surface area contributed by atoms with E-state index in [2.05, 4.69) is 35.2 Å². The van der Waals surface area contributed by atoms with Gasteiger partial charge in [-0.3, -0.25) is 4.79 Å². The molecule has 2 aliphatic rings. The highest BCUT2D eigenvalue weighted by Crippen LogP contribution is 2.38. The van der Waals surface area contributed by atoms with Crippen LogP contribution in [0.4, 0.5) is 0 Å². The third-order valence-electron chi connectivity index (χ3n) is 5.42. The zero-order valence-corrected chi connectivity index (χ0v) is 17.9. The molecule has 0 saturated heterocycles. The van der Waals surface area contributed by atoms with Crippen LogP contribution in [0.3, 0.4) is 0 Å². The summed E-state index contributed by atoms with van der Waals surface area (Å²) in [6.45, 7) is 9.95. The number of aromatic nitrogens is 1. The van der Waals surface area contributed by atoms with E-state index in [9.17, 15) is 4.79 Å². The zero-order valence-electron chi connectivity index (χ0n) is 17.9. The van der Waals surface area contributed by atoms with E-state index < -0.39 is 0 Å². The summed E-state index contributed by atoms with van der Waals surface area (Å²) < 4.78 is 11.1. The molecule has 6 heteroatoms. The molecule has 2 atom stereocenters. The summed E-state index contributed by atoms with van der Waals surface area (Å²) in [6.07, 6.45) is 9.37. The fourth-order valence-corrected chi connectivity index (χ4v) is 3.98. The van der Waals surface area contributed by atoms with E-state index in [4.69, 9.17) is 9.47 Å². The maximum atomic E-state index is 11.4. The number of ether oxygens (including phenoxy) is 2. The van der Waals surface area contributed by atoms with Gasteiger partial charge in [0.05, 0.1) is 32.1 Å². The predicted octanol–water partition coefficient (Wildman–Crippen LogP) is 4.23. The first-order valence-electron chi connectivity index (χ1n) is 10.5. The van der Waals surface area contributed by atoms with Crippen molar-refractivity contribution in [3.05, 3.63) is 29.7 Å². The fourth-order valence-electron chi connectivity index (χ4n) is 3.98. The Balaban J connectivity index is 0.00000136. The molecule has 6 nitrogen and oxygen atoms in total. The number of methoxy groups -OCH3 is 1. The van der Waals surface area contributed by atoms with Crippen molar-refractivity contribution in [2.45, 2.75) is 59.4 Å². The van der Waals surface area contributed by atoms with Crippen molar-refractivity contribution < 1.29 is 14.3 Å². The minimum absolute atomic E-state index is 0.421. The maximum absolute atomic E-state index is 11.4. The summed E-state index contributed by atoms with van der Waals surface area (Å²) in [5, 5.41) is 3.38. The summed E-state index contributed by atoms with van der Waals surface area (Å²) in [4.78, 5) is 18.0. The van der Waals surface area contributed by atoms with Gasteiger partial charge in [-0.1, -0.05) is 26.7 Å². The average Bonchev–Trinajstić information content (AvgIpc) is 3.24. The highest BCUT2D eigenvalue weighted by atomic mass is 16.5. The number of hydrogen-bond acceptors (Lipinski definition) is 6. The van der Waals surface area contributed by atoms with Crippen LogP contribution in [0.2, 0.25) is 0 Å². The molecule has 1 aliphatic carbocycles. The van der Waals surface area contributed by atoms with E-state index in [1.54, 1.807) is 12.3 Å². The summed E-state index contributed by atoms with van der Waals surface area (Å²) in [5.74, 6) is 1.89. The summed E-state index contributed by atoms with van der Waals surface area (Å²) in [6, 6.07) is 2.09. The number of rotatable bonds is 7. The normalized spacial score (nSPS) is 21.4. The Bertz CT molecular complexity index is 660. The molecule has 1 N–H and O–H groups in total. The van der Waals surface area contributed by atoms with Gasteiger partial charge in [0.15, 0.2) is 6.29 Å². The van der Waals surface area contributed by atoms with Gasteiger partial charge >= 0.3 is 0 Å². The Morgan fingerprint density at radius 2 is 2.07 bits per heavy atom. The molecule has 1 saturated carbocycles. The largest absolute Gasteiger partial charge is 0.491 e. The number of allylic oxidation sites excluding steroid dienone is 1. The van der Waals surface area contributed by atoms with Crippen LogP contribution in [-0.2, 0) is 0 Å². The van der Waals surface area contributed by atoms with Crippen molar-refractivity contribution in [2.24, 2.45) is 11.8 Å². The van der Waals surface area contributed by atoms with Crippen LogP contribution in [0.25, 0.3) is 0 Å². The lowest BCUT2D eigenvalue weighted by Gasteiger charge is -2.37. The second kappa shape index (κ2) is 10.9. The first-order chi connectivity index (χ1) is 13.6. The number of carbonyl (C=O) groups is 1. The quantitative estimate of drug-likeness (QED) is 0.704. The number of hydrogen-bond donors (Lipinski definition) is 1. The van der Waals surface area contributed by atoms with E-state index in [0.29, 0.717) is 41.7 Å². The molecule has 2 unspecified atom stereocenters. The van der Waals surface area contributed by atoms with Gasteiger partial charge in [-0.05, 0) is 26.7 Å². The highest BCUT2D eigenvalue weighted by Gasteiger charge is 2.33. The van der Waals surface area contributed by atoms with E-state index in [0.717, 1.165) is 19.4 Å². The Morgan fingerprint density at radius 1 is 1.32 bits per heavy atom. The molecule has 2 heterocycles. The third-order valence-corrected chi connectivity index (χ3v) is 5.42. The lowest BCUT2D eigenvalue weighted by atomic mass is 9.77. The van der Waals surface area contributed by atoms with Crippen LogP contribution in [-0.4, -0.2) is 42.6 Å². The van der Waals surface area contributed by atoms with Crippen molar-refractivity contribution in [3.63, 3.8) is 0 Å². The summed E-state index contributed by atoms with van der Waals surface area (Å²) in [5.41, 5.74) is 1.88. The predicted molar refractivity (Wildman–Crippen MR) is 112 cm³/mol. The average molecular weight is 390 g/mol. The number of aldehydes is 1. The van der Waals surface area contributed by atoms with Gasteiger partial charge in [0.2, 0.25) is 5.88 Å². The van der Waals surface area contributed by atoms with Crippen molar-refractivity contribution in [3.8, 4) is 11.6 Å². The molecule has 1 fully saturated rings. The van der Waals surface area contributed by atoms with Gasteiger partial charge in [-0.15, -0.1) is 0 Å². The summed E-state index contributed by atoms with van der Waals surface area (Å²) >= 11 is 0. The monoisotopic (exact) mass is 389 g/mol. The Morgan fingerprint density at radius 3 is 2.75 bits per heavy atom. The van der Waals surface area contributed by atoms with Crippen LogP contribution in [0, 0.1) is 11.8 Å². The first-order valence-corrected chi connectivity index (χ1v) is 10.5. The lowest BCUT2D eigenvalue weighted by molar-refractivity contribution is 0.111. The van der Waals surface area contributed by atoms with E-state index >= 15 is 0 Å². The molecule has 0 bridgehead atoms. The van der Waals surface area contributed by atoms with E-state index in [1.165, 1.54) is 32.1 Å². The molecular formula is C22H35N3O3. The van der Waals surface area contributed by atoms with Crippen LogP contribution >= 0.6 is 0 Å². The smallest absolute Gasteiger partial charge is 0.213 e.